The van der Waals surface area contributed by atoms with Crippen LogP contribution in [0.4, 0.5) is 10.5 Å². The second kappa shape index (κ2) is 8.15. The molecule has 0 saturated heterocycles. The van der Waals surface area contributed by atoms with Crippen molar-refractivity contribution in [3.8, 4) is 11.8 Å². The fourth-order valence-corrected chi connectivity index (χ4v) is 1.38. The van der Waals surface area contributed by atoms with Gasteiger partial charge in [0.25, 0.3) is 0 Å². The van der Waals surface area contributed by atoms with Crippen LogP contribution < -0.4 is 10.6 Å². The Morgan fingerprint density at radius 1 is 1.39 bits per heavy atom. The largest absolute Gasteiger partial charge is 0.384 e. The molecule has 0 fully saturated rings. The third-order valence-electron chi connectivity index (χ3n) is 2.29. The maximum atomic E-state index is 11.6. The topological polar surface area (TPSA) is 61.4 Å². The van der Waals surface area contributed by atoms with Crippen molar-refractivity contribution >= 4 is 11.7 Å². The number of anilines is 1. The van der Waals surface area contributed by atoms with Crippen molar-refractivity contribution in [2.24, 2.45) is 0 Å². The molecule has 4 heteroatoms. The highest BCUT2D eigenvalue weighted by Gasteiger charge is 2.03. The van der Waals surface area contributed by atoms with Gasteiger partial charge in [-0.15, -0.1) is 0 Å². The highest BCUT2D eigenvalue weighted by Crippen LogP contribution is 2.13. The third kappa shape index (κ3) is 4.89. The molecule has 0 atom stereocenters. The zero-order valence-corrected chi connectivity index (χ0v) is 10.5. The van der Waals surface area contributed by atoms with E-state index < -0.39 is 0 Å². The van der Waals surface area contributed by atoms with Crippen LogP contribution in [-0.2, 0) is 0 Å². The number of para-hydroxylation sites is 1. The number of urea groups is 1. The van der Waals surface area contributed by atoms with Crippen molar-refractivity contribution in [2.45, 2.75) is 19.8 Å². The molecule has 0 unspecified atom stereocenters. The molecule has 96 valence electrons. The van der Waals surface area contributed by atoms with Crippen molar-refractivity contribution in [1.82, 2.24) is 5.32 Å². The van der Waals surface area contributed by atoms with Crippen molar-refractivity contribution in [1.29, 1.82) is 0 Å². The van der Waals surface area contributed by atoms with Crippen molar-refractivity contribution in [3.05, 3.63) is 29.8 Å². The minimum Gasteiger partial charge on any atom is -0.384 e. The summed E-state index contributed by atoms with van der Waals surface area (Å²) in [5, 5.41) is 14.2. The molecular formula is C14H18N2O2. The standard InChI is InChI=1S/C14H18N2O2/c1-2-3-10-15-14(18)16-13-9-5-4-7-12(13)8-6-11-17/h4-5,7,9,17H,2-3,10-11H2,1H3,(H2,15,16,18). The monoisotopic (exact) mass is 246 g/mol. The number of carbonyl (C=O) groups is 1. The van der Waals surface area contributed by atoms with E-state index in [0.29, 0.717) is 17.8 Å². The molecule has 0 heterocycles. The summed E-state index contributed by atoms with van der Waals surface area (Å²) in [5.74, 6) is 5.36. The van der Waals surface area contributed by atoms with Gasteiger partial charge >= 0.3 is 6.03 Å². The Morgan fingerprint density at radius 2 is 2.17 bits per heavy atom. The molecule has 0 bridgehead atoms. The number of rotatable bonds is 4. The lowest BCUT2D eigenvalue weighted by Gasteiger charge is -2.08. The van der Waals surface area contributed by atoms with Gasteiger partial charge in [-0.1, -0.05) is 37.3 Å². The van der Waals surface area contributed by atoms with Crippen LogP contribution in [-0.4, -0.2) is 24.3 Å². The Balaban J connectivity index is 2.63. The van der Waals surface area contributed by atoms with Gasteiger partial charge in [0.05, 0.1) is 5.69 Å². The number of nitrogens with one attached hydrogen (secondary N) is 2. The molecule has 0 aromatic heterocycles. The Bertz CT molecular complexity index is 447. The van der Waals surface area contributed by atoms with E-state index in [-0.39, 0.29) is 12.6 Å². The highest BCUT2D eigenvalue weighted by atomic mass is 16.2. The van der Waals surface area contributed by atoms with Crippen LogP contribution in [0.25, 0.3) is 0 Å². The van der Waals surface area contributed by atoms with Gasteiger partial charge < -0.3 is 15.7 Å². The number of hydrogen-bond acceptors (Lipinski definition) is 2. The molecule has 0 aliphatic heterocycles. The summed E-state index contributed by atoms with van der Waals surface area (Å²) in [7, 11) is 0. The summed E-state index contributed by atoms with van der Waals surface area (Å²) in [6, 6.07) is 7.00. The molecule has 0 radical (unpaired) electrons. The lowest BCUT2D eigenvalue weighted by Crippen LogP contribution is -2.29. The van der Waals surface area contributed by atoms with Crippen LogP contribution in [0.15, 0.2) is 24.3 Å². The minimum absolute atomic E-state index is 0.197. The summed E-state index contributed by atoms with van der Waals surface area (Å²) >= 11 is 0. The Hall–Kier alpha value is -1.99. The molecule has 3 N–H and O–H groups in total. The molecule has 0 spiro atoms. The number of aliphatic hydroxyl groups excluding tert-OH is 1. The first-order valence-electron chi connectivity index (χ1n) is 6.01. The SMILES string of the molecule is CCCCNC(=O)Nc1ccccc1C#CCO. The van der Waals surface area contributed by atoms with Gasteiger partial charge in [0.15, 0.2) is 0 Å². The van der Waals surface area contributed by atoms with Crippen LogP contribution in [0, 0.1) is 11.8 Å². The minimum atomic E-state index is -0.235. The van der Waals surface area contributed by atoms with Crippen LogP contribution in [0.3, 0.4) is 0 Å². The molecule has 0 saturated carbocycles. The fourth-order valence-electron chi connectivity index (χ4n) is 1.38. The van der Waals surface area contributed by atoms with Gasteiger partial charge in [-0.2, -0.15) is 0 Å². The maximum absolute atomic E-state index is 11.6. The van der Waals surface area contributed by atoms with Gasteiger partial charge in [-0.25, -0.2) is 4.79 Å². The zero-order chi connectivity index (χ0) is 13.2. The van der Waals surface area contributed by atoms with E-state index in [4.69, 9.17) is 5.11 Å². The number of benzene rings is 1. The lowest BCUT2D eigenvalue weighted by molar-refractivity contribution is 0.252. The lowest BCUT2D eigenvalue weighted by atomic mass is 10.2. The summed E-state index contributed by atoms with van der Waals surface area (Å²) in [6.45, 7) is 2.53. The predicted molar refractivity (Wildman–Crippen MR) is 72.3 cm³/mol. The number of carbonyl (C=O) groups excluding carboxylic acids is 1. The molecule has 18 heavy (non-hydrogen) atoms. The van der Waals surface area contributed by atoms with Crippen molar-refractivity contribution < 1.29 is 9.90 Å². The van der Waals surface area contributed by atoms with E-state index in [1.54, 1.807) is 12.1 Å². The number of hydrogen-bond donors (Lipinski definition) is 3. The predicted octanol–water partition coefficient (Wildman–Crippen LogP) is 1.95. The molecule has 1 aromatic rings. The first-order chi connectivity index (χ1) is 8.77. The Labute approximate surface area is 107 Å². The highest BCUT2D eigenvalue weighted by molar-refractivity contribution is 5.90. The Kier molecular flexibility index (Phi) is 6.37. The van der Waals surface area contributed by atoms with Gasteiger partial charge in [-0.3, -0.25) is 0 Å². The van der Waals surface area contributed by atoms with E-state index in [1.165, 1.54) is 0 Å². The quantitative estimate of drug-likeness (QED) is 0.561. The van der Waals surface area contributed by atoms with E-state index >= 15 is 0 Å². The van der Waals surface area contributed by atoms with Crippen LogP contribution >= 0.6 is 0 Å². The van der Waals surface area contributed by atoms with Gasteiger partial charge in [0.1, 0.15) is 6.61 Å². The fraction of sp³-hybridized carbons (Fsp3) is 0.357. The Morgan fingerprint density at radius 3 is 2.89 bits per heavy atom. The average molecular weight is 246 g/mol. The molecule has 4 nitrogen and oxygen atoms in total. The van der Waals surface area contributed by atoms with Gasteiger partial charge in [-0.05, 0) is 18.6 Å². The third-order valence-corrected chi connectivity index (χ3v) is 2.29. The number of amides is 2. The molecule has 1 rings (SSSR count). The number of aliphatic hydroxyl groups is 1. The second-order valence-corrected chi connectivity index (χ2v) is 3.74. The zero-order valence-electron chi connectivity index (χ0n) is 10.5. The van der Waals surface area contributed by atoms with E-state index in [9.17, 15) is 4.79 Å². The summed E-state index contributed by atoms with van der Waals surface area (Å²) in [4.78, 5) is 11.6. The second-order valence-electron chi connectivity index (χ2n) is 3.74. The summed E-state index contributed by atoms with van der Waals surface area (Å²) in [5.41, 5.74) is 1.34. The van der Waals surface area contributed by atoms with Crippen LogP contribution in [0.5, 0.6) is 0 Å². The molecule has 0 aliphatic carbocycles. The summed E-state index contributed by atoms with van der Waals surface area (Å²) in [6.07, 6.45) is 2.00. The molecule has 1 aromatic carbocycles. The molecule has 2 amide bonds. The van der Waals surface area contributed by atoms with Crippen molar-refractivity contribution in [2.75, 3.05) is 18.5 Å². The van der Waals surface area contributed by atoms with E-state index in [1.807, 2.05) is 12.1 Å². The smallest absolute Gasteiger partial charge is 0.319 e. The van der Waals surface area contributed by atoms with Gasteiger partial charge in [0.2, 0.25) is 0 Å². The van der Waals surface area contributed by atoms with E-state index in [2.05, 4.69) is 29.4 Å². The first-order valence-corrected chi connectivity index (χ1v) is 6.01. The summed E-state index contributed by atoms with van der Waals surface area (Å²) < 4.78 is 0. The normalized spacial score (nSPS) is 9.22. The molecule has 0 aliphatic rings. The van der Waals surface area contributed by atoms with Crippen molar-refractivity contribution in [3.63, 3.8) is 0 Å². The first kappa shape index (κ1) is 14.1. The molecular weight excluding hydrogens is 228 g/mol. The van der Waals surface area contributed by atoms with E-state index in [0.717, 1.165) is 12.8 Å². The van der Waals surface area contributed by atoms with Crippen LogP contribution in [0.1, 0.15) is 25.3 Å². The average Bonchev–Trinajstić information content (AvgIpc) is 2.38. The van der Waals surface area contributed by atoms with Gasteiger partial charge in [0, 0.05) is 12.1 Å². The van der Waals surface area contributed by atoms with Crippen LogP contribution in [0.2, 0.25) is 0 Å². The number of unbranched alkanes of at least 4 members (excludes halogenated alkanes) is 1. The maximum Gasteiger partial charge on any atom is 0.319 e.